The lowest BCUT2D eigenvalue weighted by molar-refractivity contribution is -0.171. The van der Waals surface area contributed by atoms with Crippen molar-refractivity contribution in [2.45, 2.75) is 208 Å². The van der Waals surface area contributed by atoms with Gasteiger partial charge in [0, 0.05) is 68.1 Å². The first kappa shape index (κ1) is 94.1. The molecule has 20 heteroatoms. The van der Waals surface area contributed by atoms with Crippen LogP contribution >= 0.6 is 0 Å². The quantitative estimate of drug-likeness (QED) is 0.0179. The molecule has 0 spiro atoms. The van der Waals surface area contributed by atoms with Gasteiger partial charge in [0.05, 0.1) is 23.0 Å². The molecule has 0 aliphatic heterocycles. The lowest BCUT2D eigenvalue weighted by atomic mass is 10.0. The first-order valence-corrected chi connectivity index (χ1v) is 37.4. The molecule has 0 saturated heterocycles. The number of fused-ring (bicyclic) bond motifs is 3. The Balaban J connectivity index is 0.000000315. The number of aryl methyl sites for hydroxylation is 9. The van der Waals surface area contributed by atoms with Gasteiger partial charge in [0.15, 0.2) is 40.4 Å². The van der Waals surface area contributed by atoms with Gasteiger partial charge in [0.1, 0.15) is 46.3 Å². The molecule has 0 amide bonds. The Hall–Kier alpha value is -12.5. The number of benzene rings is 7. The molecule has 3 heterocycles. The molecule has 3 N–H and O–H groups in total. The van der Waals surface area contributed by atoms with Gasteiger partial charge < -0.3 is 34.5 Å². The number of allylic oxidation sites excluding steroid dienone is 2. The van der Waals surface area contributed by atoms with E-state index in [1.54, 1.807) is 89.2 Å². The van der Waals surface area contributed by atoms with Crippen molar-refractivity contribution in [2.75, 3.05) is 5.73 Å². The summed E-state index contributed by atoms with van der Waals surface area (Å²) in [5.41, 5.74) is 15.8. The zero-order chi connectivity index (χ0) is 88.4. The second-order valence-corrected chi connectivity index (χ2v) is 31.4. The predicted molar refractivity (Wildman–Crippen MR) is 462 cm³/mol. The Morgan fingerprint density at radius 1 is 0.414 bits per heavy atom. The number of aromatic nitrogens is 3. The number of ketones is 5. The van der Waals surface area contributed by atoms with E-state index in [1.807, 2.05) is 219 Å². The van der Waals surface area contributed by atoms with Crippen molar-refractivity contribution < 1.29 is 78.1 Å². The first-order valence-electron chi connectivity index (χ1n) is 38.4. The molecule has 10 aromatic rings. The van der Waals surface area contributed by atoms with Crippen LogP contribution in [0.1, 0.15) is 232 Å². The fourth-order valence-corrected chi connectivity index (χ4v) is 11.4. The van der Waals surface area contributed by atoms with E-state index >= 15 is 0 Å². The van der Waals surface area contributed by atoms with Gasteiger partial charge in [-0.15, -0.1) is 0 Å². The van der Waals surface area contributed by atoms with Crippen molar-refractivity contribution in [3.63, 3.8) is 0 Å². The minimum atomic E-state index is -1.33. The van der Waals surface area contributed by atoms with Gasteiger partial charge in [-0.1, -0.05) is 86.3 Å². The summed E-state index contributed by atoms with van der Waals surface area (Å²) in [5, 5.41) is 12.2. The molecule has 116 heavy (non-hydrogen) atoms. The van der Waals surface area contributed by atoms with Crippen molar-refractivity contribution in [1.82, 2.24) is 15.0 Å². The topological polar surface area (TPSA) is 302 Å². The summed E-state index contributed by atoms with van der Waals surface area (Å²) in [7, 11) is 1.25. The highest BCUT2D eigenvalue weighted by Crippen LogP contribution is 2.34. The minimum absolute atomic E-state index is 0.0625. The number of nitrogen functional groups attached to an aromatic ring is 1. The lowest BCUT2D eigenvalue weighted by Gasteiger charge is -2.30. The second kappa shape index (κ2) is 41.5. The van der Waals surface area contributed by atoms with Crippen LogP contribution < -0.4 is 19.9 Å². The molecular formula is C96H112N4O16. The molecule has 0 saturated carbocycles. The summed E-state index contributed by atoms with van der Waals surface area (Å²) in [6, 6.07) is 47.0. The molecule has 0 radical (unpaired) electrons. The number of hydrogen-bond donors (Lipinski definition) is 2. The summed E-state index contributed by atoms with van der Waals surface area (Å²) in [6.45, 7) is 41.9. The average molecular weight is 1580 g/mol. The Labute approximate surface area is 683 Å². The van der Waals surface area contributed by atoms with E-state index in [0.717, 1.165) is 95.5 Å². The number of rotatable bonds is 20. The number of carboxylic acids is 1. The highest BCUT2D eigenvalue weighted by Gasteiger charge is 2.37. The van der Waals surface area contributed by atoms with E-state index < -0.39 is 45.9 Å². The van der Waals surface area contributed by atoms with Gasteiger partial charge in [-0.25, -0.2) is 14.4 Å². The molecule has 0 atom stereocenters. The molecule has 612 valence electrons. The maximum Gasteiger partial charge on any atom is 0.350 e. The third kappa shape index (κ3) is 28.9. The zero-order valence-corrected chi connectivity index (χ0v) is 71.6. The van der Waals surface area contributed by atoms with Crippen LogP contribution in [0.4, 0.5) is 5.69 Å². The number of pyridine rings is 3. The SMILES string of the molecule is CC(=O)CC(C)=O.CC(=O)c1cc2ccccc2nc1C.Cc1cc(/C=C/C(=O)c2cc3ccccc3nc2C)cc(C)c1OC(C)(C)C(=O)O.Cc1cc(/C=C/C(=O)c2cc3ccccc3nc2C)cc(C)c1OC(C)(C)C(=O)OC(C)(C)C.Cc1cc(C=O)cc(C)c1OC(C)(C)C(=O)OC(C)(C)C.Nc1ccccc1C=O.[3H]C. The molecule has 3 aromatic heterocycles. The number of carboxylic acid groups (broad SMARTS) is 1. The summed E-state index contributed by atoms with van der Waals surface area (Å²) in [6.07, 6.45) is 8.27. The van der Waals surface area contributed by atoms with E-state index in [-0.39, 0.29) is 35.3 Å². The number of Topliss-reactive ketones (excluding diaryl/α,β-unsaturated/α-hetero) is 3. The highest BCUT2D eigenvalue weighted by atomic mass is 16.6. The maximum absolute atomic E-state index is 12.9. The van der Waals surface area contributed by atoms with Crippen molar-refractivity contribution >= 4 is 110 Å². The molecule has 0 fully saturated rings. The van der Waals surface area contributed by atoms with Crippen molar-refractivity contribution in [2.24, 2.45) is 0 Å². The molecule has 0 aliphatic carbocycles. The number of esters is 2. The average Bonchev–Trinajstić information content (AvgIpc) is 0.821. The molecule has 0 bridgehead atoms. The molecule has 20 nitrogen and oxygen atoms in total. The van der Waals surface area contributed by atoms with Gasteiger partial charge in [-0.3, -0.25) is 48.5 Å². The number of ether oxygens (including phenoxy) is 5. The Morgan fingerprint density at radius 2 is 0.707 bits per heavy atom. The molecule has 7 aromatic carbocycles. The van der Waals surface area contributed by atoms with Gasteiger partial charge in [0.25, 0.3) is 0 Å². The number of aldehydes is 2. The number of nitrogens with zero attached hydrogens (tertiary/aromatic N) is 3. The minimum Gasteiger partial charge on any atom is -0.478 e. The summed E-state index contributed by atoms with van der Waals surface area (Å²) < 4.78 is 34.3. The smallest absolute Gasteiger partial charge is 0.350 e. The van der Waals surface area contributed by atoms with Gasteiger partial charge in [0.2, 0.25) is 0 Å². The van der Waals surface area contributed by atoms with Crippen LogP contribution in [0.5, 0.6) is 17.2 Å². The van der Waals surface area contributed by atoms with Crippen LogP contribution in [0.15, 0.2) is 164 Å². The highest BCUT2D eigenvalue weighted by molar-refractivity contribution is 6.10. The Kier molecular flexibility index (Phi) is 33.7. The number of carbonyl (C=O) groups excluding carboxylic acids is 9. The van der Waals surface area contributed by atoms with Crippen LogP contribution in [0, 0.1) is 62.3 Å². The summed E-state index contributed by atoms with van der Waals surface area (Å²) in [4.78, 5) is 128. The number of aliphatic carboxylic acids is 1. The Morgan fingerprint density at radius 3 is 0.983 bits per heavy atom. The third-order valence-corrected chi connectivity index (χ3v) is 17.1. The van der Waals surface area contributed by atoms with E-state index in [1.165, 1.54) is 41.2 Å². The van der Waals surface area contributed by atoms with Crippen LogP contribution in [-0.4, -0.2) is 107 Å². The second-order valence-electron chi connectivity index (χ2n) is 31.4. The summed E-state index contributed by atoms with van der Waals surface area (Å²) in [5.74, 6) is -0.367. The number of carbonyl (C=O) groups is 10. The van der Waals surface area contributed by atoms with E-state index in [2.05, 4.69) is 15.0 Å². The maximum atomic E-state index is 12.9. The fraction of sp³-hybridized carbons (Fsp3) is 0.323. The van der Waals surface area contributed by atoms with Gasteiger partial charge in [-0.05, 0) is 308 Å². The number of anilines is 1. The summed E-state index contributed by atoms with van der Waals surface area (Å²) >= 11 is 0. The molecular weight excluding hydrogens is 1470 g/mol. The molecule has 0 aliphatic rings. The van der Waals surface area contributed by atoms with Crippen LogP contribution in [0.3, 0.4) is 0 Å². The first-order chi connectivity index (χ1) is 54.5. The van der Waals surface area contributed by atoms with Crippen molar-refractivity contribution in [1.29, 1.82) is 0 Å². The normalized spacial score (nSPS) is 11.3. The largest absolute Gasteiger partial charge is 0.478 e. The van der Waals surface area contributed by atoms with Gasteiger partial charge >= 0.3 is 17.9 Å². The van der Waals surface area contributed by atoms with Crippen LogP contribution in [-0.2, 0) is 33.4 Å². The van der Waals surface area contributed by atoms with E-state index in [9.17, 15) is 53.1 Å². The van der Waals surface area contributed by atoms with Crippen LogP contribution in [0.2, 0.25) is 0 Å². The zero-order valence-electron chi connectivity index (χ0n) is 72.6. The van der Waals surface area contributed by atoms with Gasteiger partial charge in [-0.2, -0.15) is 0 Å². The van der Waals surface area contributed by atoms with Crippen molar-refractivity contribution in [3.8, 4) is 17.2 Å². The van der Waals surface area contributed by atoms with E-state index in [4.69, 9.17) is 30.8 Å². The van der Waals surface area contributed by atoms with Crippen LogP contribution in [0.25, 0.3) is 44.9 Å². The number of para-hydroxylation sites is 4. The molecule has 0 unspecified atom stereocenters. The predicted octanol–water partition coefficient (Wildman–Crippen LogP) is 20.5. The molecule has 10 rings (SSSR count). The fourth-order valence-electron chi connectivity index (χ4n) is 11.4. The third-order valence-electron chi connectivity index (χ3n) is 17.1. The van der Waals surface area contributed by atoms with Crippen molar-refractivity contribution in [3.05, 3.63) is 253 Å². The monoisotopic (exact) mass is 1580 g/mol. The Bertz CT molecular complexity index is 5280. The number of hydrogen-bond acceptors (Lipinski definition) is 19. The van der Waals surface area contributed by atoms with E-state index in [0.29, 0.717) is 62.1 Å². The lowest BCUT2D eigenvalue weighted by Crippen LogP contribution is -2.43. The number of nitrogens with two attached hydrogens (primary N) is 1. The standard InChI is InChI=1S/C29H33NO4.C25H25NO4.C17H24O4.C12H11NO.C7H7NO.C5H8O2.CH4/c1-18-15-21(16-19(2)26(18)33-29(7,8)27(32)34-28(4,5)6)13-14-25(31)23-17-22-11-9-10-12-24(22)30-20(23)3;1-15-12-18(13-16(2)23(15)30-25(4,5)24(28)29)10-11-22(27)20-14-19-8-6-7-9-21(19)26-17(20)3;1-11-8-13(10-18)9-12(2)14(11)20-17(6,7)15(19)21-16(3,4)5;1-8-11(9(2)14)7-10-5-3-4-6-12(10)13-8;8-7-4-2-1-3-6(7)5-9;1-4(6)3-5(2)7;/h9-17H,1-8H3;6-14H,1-5H3,(H,28,29);8-10H,1-7H3;3-7H,1-2H3;1-5H,8H2;3H2,1-2H3;1H4/b14-13+;11-10+;;;;;/i;;;;;;1T.